The predicted molar refractivity (Wildman–Crippen MR) is 115 cm³/mol. The number of benzene rings is 2. The second kappa shape index (κ2) is 7.21. The van der Waals surface area contributed by atoms with Gasteiger partial charge in [0.2, 0.25) is 0 Å². The molecule has 2 nitrogen and oxygen atoms in total. The third kappa shape index (κ3) is 3.71. The highest BCUT2D eigenvalue weighted by atomic mass is 28.4. The highest BCUT2D eigenvalue weighted by molar-refractivity contribution is 6.99. The van der Waals surface area contributed by atoms with Gasteiger partial charge in [-0.2, -0.15) is 0 Å². The van der Waals surface area contributed by atoms with Crippen LogP contribution in [0.2, 0.25) is 5.04 Å². The van der Waals surface area contributed by atoms with Crippen molar-refractivity contribution in [3.63, 3.8) is 0 Å². The summed E-state index contributed by atoms with van der Waals surface area (Å²) in [4.78, 5) is 12.0. The van der Waals surface area contributed by atoms with Gasteiger partial charge in [0.05, 0.1) is 6.10 Å². The molecule has 0 saturated carbocycles. The van der Waals surface area contributed by atoms with Crippen molar-refractivity contribution in [2.75, 3.05) is 0 Å². The van der Waals surface area contributed by atoms with Gasteiger partial charge in [0.1, 0.15) is 0 Å². The van der Waals surface area contributed by atoms with Crippen molar-refractivity contribution in [2.45, 2.75) is 52.2 Å². The highest BCUT2D eigenvalue weighted by Crippen LogP contribution is 2.41. The van der Waals surface area contributed by atoms with E-state index in [0.717, 1.165) is 0 Å². The minimum Gasteiger partial charge on any atom is -0.401 e. The standard InChI is InChI=1S/C24H30O2Si/c1-23(2,3)27(20-12-8-6-9-13-20,21-14-10-7-11-15-21)26-22-17-16-19(25)18-24(22,4)5/h6-17,22H,18H2,1-5H3/t22-/m0/s1. The molecule has 0 aromatic heterocycles. The van der Waals surface area contributed by atoms with Crippen LogP contribution in [-0.2, 0) is 9.22 Å². The molecule has 0 radical (unpaired) electrons. The molecule has 0 N–H and O–H groups in total. The van der Waals surface area contributed by atoms with Crippen LogP contribution < -0.4 is 10.4 Å². The molecule has 0 saturated heterocycles. The first-order chi connectivity index (χ1) is 12.7. The van der Waals surface area contributed by atoms with E-state index < -0.39 is 8.32 Å². The van der Waals surface area contributed by atoms with Crippen LogP contribution in [0.3, 0.4) is 0 Å². The van der Waals surface area contributed by atoms with E-state index in [9.17, 15) is 4.79 Å². The summed E-state index contributed by atoms with van der Waals surface area (Å²) in [6, 6.07) is 21.3. The lowest BCUT2D eigenvalue weighted by molar-refractivity contribution is -0.118. The summed E-state index contributed by atoms with van der Waals surface area (Å²) in [5, 5.41) is 2.47. The fourth-order valence-corrected chi connectivity index (χ4v) is 8.94. The Morgan fingerprint density at radius 1 is 0.926 bits per heavy atom. The van der Waals surface area contributed by atoms with Gasteiger partial charge in [0, 0.05) is 11.8 Å². The molecule has 0 spiro atoms. The van der Waals surface area contributed by atoms with Gasteiger partial charge in [-0.3, -0.25) is 4.79 Å². The lowest BCUT2D eigenvalue weighted by Crippen LogP contribution is -2.68. The molecule has 3 rings (SSSR count). The molecule has 2 aromatic rings. The maximum Gasteiger partial charge on any atom is 0.261 e. The van der Waals surface area contributed by atoms with E-state index >= 15 is 0 Å². The second-order valence-electron chi connectivity index (χ2n) is 9.19. The molecule has 0 bridgehead atoms. The molecule has 1 aliphatic carbocycles. The van der Waals surface area contributed by atoms with Gasteiger partial charge in [-0.1, -0.05) is 101 Å². The van der Waals surface area contributed by atoms with Crippen molar-refractivity contribution in [1.82, 2.24) is 0 Å². The van der Waals surface area contributed by atoms with Gasteiger partial charge in [-0.05, 0) is 21.5 Å². The third-order valence-corrected chi connectivity index (χ3v) is 10.6. The Balaban J connectivity index is 2.21. The third-order valence-electron chi connectivity index (χ3n) is 5.58. The average Bonchev–Trinajstić information content (AvgIpc) is 2.61. The summed E-state index contributed by atoms with van der Waals surface area (Å²) >= 11 is 0. The second-order valence-corrected chi connectivity index (χ2v) is 13.4. The molecule has 0 fully saturated rings. The van der Waals surface area contributed by atoms with Gasteiger partial charge in [0.25, 0.3) is 8.32 Å². The SMILES string of the molecule is CC1(C)CC(=O)C=C[C@@H]1O[Si](c1ccccc1)(c1ccccc1)C(C)(C)C. The van der Waals surface area contributed by atoms with Crippen LogP contribution >= 0.6 is 0 Å². The van der Waals surface area contributed by atoms with Crippen LogP contribution in [0, 0.1) is 5.41 Å². The minimum absolute atomic E-state index is 0.0684. The molecule has 2 aromatic carbocycles. The average molecular weight is 379 g/mol. The van der Waals surface area contributed by atoms with Crippen LogP contribution in [0.15, 0.2) is 72.8 Å². The van der Waals surface area contributed by atoms with E-state index in [4.69, 9.17) is 4.43 Å². The van der Waals surface area contributed by atoms with Gasteiger partial charge < -0.3 is 4.43 Å². The summed E-state index contributed by atoms with van der Waals surface area (Å²) in [6.45, 7) is 11.1. The van der Waals surface area contributed by atoms with Crippen molar-refractivity contribution in [1.29, 1.82) is 0 Å². The van der Waals surface area contributed by atoms with E-state index in [1.54, 1.807) is 6.08 Å². The van der Waals surface area contributed by atoms with Gasteiger partial charge in [0.15, 0.2) is 5.78 Å². The number of carbonyl (C=O) groups is 1. The molecule has 0 aliphatic heterocycles. The maximum atomic E-state index is 12.0. The highest BCUT2D eigenvalue weighted by Gasteiger charge is 2.53. The Labute approximate surface area is 164 Å². The zero-order chi connectivity index (χ0) is 19.7. The molecule has 142 valence electrons. The molecule has 0 amide bonds. The Bertz CT molecular complexity index is 777. The number of carbonyl (C=O) groups excluding carboxylic acids is 1. The fraction of sp³-hybridized carbons (Fsp3) is 0.375. The Kier molecular flexibility index (Phi) is 5.28. The predicted octanol–water partition coefficient (Wildman–Crippen LogP) is 4.49. The lowest BCUT2D eigenvalue weighted by Gasteiger charge is -2.48. The summed E-state index contributed by atoms with van der Waals surface area (Å²) < 4.78 is 7.18. The molecule has 3 heteroatoms. The van der Waals surface area contributed by atoms with Crippen LogP contribution in [0.1, 0.15) is 41.0 Å². The van der Waals surface area contributed by atoms with E-state index in [2.05, 4.69) is 95.3 Å². The van der Waals surface area contributed by atoms with Crippen molar-refractivity contribution >= 4 is 24.5 Å². The van der Waals surface area contributed by atoms with Crippen molar-refractivity contribution in [2.24, 2.45) is 5.41 Å². The maximum absolute atomic E-state index is 12.0. The fourth-order valence-electron chi connectivity index (χ4n) is 4.14. The Morgan fingerprint density at radius 3 is 1.81 bits per heavy atom. The topological polar surface area (TPSA) is 26.3 Å². The van der Waals surface area contributed by atoms with E-state index in [-0.39, 0.29) is 22.3 Å². The first-order valence-corrected chi connectivity index (χ1v) is 11.6. The minimum atomic E-state index is -2.61. The van der Waals surface area contributed by atoms with Crippen LogP contribution in [0.4, 0.5) is 0 Å². The molecule has 27 heavy (non-hydrogen) atoms. The van der Waals surface area contributed by atoms with Crippen molar-refractivity contribution < 1.29 is 9.22 Å². The normalized spacial score (nSPS) is 19.9. The smallest absolute Gasteiger partial charge is 0.261 e. The number of hydrogen-bond donors (Lipinski definition) is 0. The Hall–Kier alpha value is -1.97. The van der Waals surface area contributed by atoms with E-state index in [1.807, 2.05) is 6.08 Å². The summed E-state index contributed by atoms with van der Waals surface area (Å²) in [5.41, 5.74) is -0.223. The summed E-state index contributed by atoms with van der Waals surface area (Å²) in [5.74, 6) is 0.183. The molecule has 0 heterocycles. The van der Waals surface area contributed by atoms with Crippen LogP contribution in [-0.4, -0.2) is 20.2 Å². The largest absolute Gasteiger partial charge is 0.401 e. The first kappa shape index (κ1) is 19.8. The van der Waals surface area contributed by atoms with Crippen molar-refractivity contribution in [3.8, 4) is 0 Å². The monoisotopic (exact) mass is 378 g/mol. The molecule has 1 atom stereocenters. The summed E-state index contributed by atoms with van der Waals surface area (Å²) in [6.07, 6.45) is 4.10. The number of rotatable bonds is 4. The molecular formula is C24H30O2Si. The number of ketones is 1. The van der Waals surface area contributed by atoms with Gasteiger partial charge >= 0.3 is 0 Å². The van der Waals surface area contributed by atoms with Crippen LogP contribution in [0.5, 0.6) is 0 Å². The van der Waals surface area contributed by atoms with Crippen LogP contribution in [0.25, 0.3) is 0 Å². The molecule has 0 unspecified atom stereocenters. The first-order valence-electron chi connectivity index (χ1n) is 9.67. The van der Waals surface area contributed by atoms with Gasteiger partial charge in [-0.15, -0.1) is 0 Å². The number of hydrogen-bond acceptors (Lipinski definition) is 2. The van der Waals surface area contributed by atoms with Crippen molar-refractivity contribution in [3.05, 3.63) is 72.8 Å². The van der Waals surface area contributed by atoms with E-state index in [1.165, 1.54) is 10.4 Å². The zero-order valence-corrected chi connectivity index (χ0v) is 18.0. The lowest BCUT2D eigenvalue weighted by atomic mass is 9.78. The Morgan fingerprint density at radius 2 is 1.41 bits per heavy atom. The van der Waals surface area contributed by atoms with Gasteiger partial charge in [-0.25, -0.2) is 0 Å². The van der Waals surface area contributed by atoms with E-state index in [0.29, 0.717) is 6.42 Å². The number of allylic oxidation sites excluding steroid dienone is 1. The zero-order valence-electron chi connectivity index (χ0n) is 17.0. The quantitative estimate of drug-likeness (QED) is 0.733. The molecule has 1 aliphatic rings. The summed E-state index contributed by atoms with van der Waals surface area (Å²) in [7, 11) is -2.61. The molecular weight excluding hydrogens is 348 g/mol.